The van der Waals surface area contributed by atoms with Crippen molar-refractivity contribution in [3.8, 4) is 0 Å². The third kappa shape index (κ3) is 3.30. The zero-order valence-electron chi connectivity index (χ0n) is 13.9. The molecule has 4 aromatic rings. The topological polar surface area (TPSA) is 37.3 Å². The Kier molecular flexibility index (Phi) is 4.39. The smallest absolute Gasteiger partial charge is 0.148 e. The predicted molar refractivity (Wildman–Crippen MR) is 104 cm³/mol. The fraction of sp³-hybridized carbons (Fsp3) is 0. The SMILES string of the molecule is Fc1cc2cccnc2cc1NN=C(c1ccccc1)c1ccccc1. The summed E-state index contributed by atoms with van der Waals surface area (Å²) in [6.45, 7) is 0. The van der Waals surface area contributed by atoms with Crippen LogP contribution in [-0.2, 0) is 0 Å². The van der Waals surface area contributed by atoms with Crippen LogP contribution in [-0.4, -0.2) is 10.7 Å². The van der Waals surface area contributed by atoms with E-state index in [9.17, 15) is 4.39 Å². The summed E-state index contributed by atoms with van der Waals surface area (Å²) >= 11 is 0. The molecule has 0 unspecified atom stereocenters. The minimum absolute atomic E-state index is 0.292. The largest absolute Gasteiger partial charge is 0.275 e. The minimum Gasteiger partial charge on any atom is -0.275 e. The molecule has 0 radical (unpaired) electrons. The van der Waals surface area contributed by atoms with Gasteiger partial charge in [-0.1, -0.05) is 66.7 Å². The molecule has 0 aliphatic heterocycles. The van der Waals surface area contributed by atoms with Crippen LogP contribution in [0.1, 0.15) is 11.1 Å². The second-order valence-corrected chi connectivity index (χ2v) is 5.83. The van der Waals surface area contributed by atoms with Crippen molar-refractivity contribution in [3.63, 3.8) is 0 Å². The first-order chi connectivity index (χ1) is 12.8. The molecule has 3 nitrogen and oxygen atoms in total. The number of hydrogen-bond acceptors (Lipinski definition) is 3. The maximum Gasteiger partial charge on any atom is 0.148 e. The Hall–Kier alpha value is -3.53. The highest BCUT2D eigenvalue weighted by molar-refractivity contribution is 6.13. The van der Waals surface area contributed by atoms with Crippen molar-refractivity contribution in [3.05, 3.63) is 108 Å². The molecule has 0 aliphatic rings. The molecular weight excluding hydrogens is 325 g/mol. The molecule has 0 bridgehead atoms. The van der Waals surface area contributed by atoms with Crippen LogP contribution in [0.25, 0.3) is 10.9 Å². The number of aromatic nitrogens is 1. The first-order valence-corrected chi connectivity index (χ1v) is 8.30. The predicted octanol–water partition coefficient (Wildman–Crippen LogP) is 5.24. The van der Waals surface area contributed by atoms with E-state index in [0.29, 0.717) is 11.2 Å². The molecule has 0 aliphatic carbocycles. The zero-order chi connectivity index (χ0) is 17.8. The first kappa shape index (κ1) is 16.0. The van der Waals surface area contributed by atoms with E-state index in [2.05, 4.69) is 15.5 Å². The van der Waals surface area contributed by atoms with Crippen molar-refractivity contribution in [1.82, 2.24) is 4.98 Å². The molecule has 0 saturated carbocycles. The maximum absolute atomic E-state index is 14.4. The number of fused-ring (bicyclic) bond motifs is 1. The van der Waals surface area contributed by atoms with Crippen LogP contribution in [0.2, 0.25) is 0 Å². The second kappa shape index (κ2) is 7.15. The lowest BCUT2D eigenvalue weighted by atomic mass is 10.0. The lowest BCUT2D eigenvalue weighted by Gasteiger charge is -2.09. The zero-order valence-corrected chi connectivity index (χ0v) is 13.9. The van der Waals surface area contributed by atoms with Gasteiger partial charge >= 0.3 is 0 Å². The quantitative estimate of drug-likeness (QED) is 0.407. The summed E-state index contributed by atoms with van der Waals surface area (Å²) in [5, 5.41) is 5.26. The summed E-state index contributed by atoms with van der Waals surface area (Å²) in [6, 6.07) is 26.4. The van der Waals surface area contributed by atoms with Crippen molar-refractivity contribution < 1.29 is 4.39 Å². The minimum atomic E-state index is -0.366. The third-order valence-corrected chi connectivity index (χ3v) is 4.07. The molecule has 0 atom stereocenters. The Morgan fingerprint density at radius 2 is 1.46 bits per heavy atom. The molecule has 4 heteroatoms. The van der Waals surface area contributed by atoms with E-state index in [1.807, 2.05) is 66.7 Å². The van der Waals surface area contributed by atoms with E-state index in [4.69, 9.17) is 0 Å². The number of hydrazone groups is 1. The van der Waals surface area contributed by atoms with E-state index >= 15 is 0 Å². The monoisotopic (exact) mass is 341 g/mol. The summed E-state index contributed by atoms with van der Waals surface area (Å²) in [7, 11) is 0. The van der Waals surface area contributed by atoms with Gasteiger partial charge in [0.2, 0.25) is 0 Å². The van der Waals surface area contributed by atoms with Gasteiger partial charge in [-0.05, 0) is 18.2 Å². The Balaban J connectivity index is 1.75. The molecule has 4 rings (SSSR count). The van der Waals surface area contributed by atoms with E-state index in [-0.39, 0.29) is 5.82 Å². The molecule has 26 heavy (non-hydrogen) atoms. The molecule has 1 heterocycles. The fourth-order valence-electron chi connectivity index (χ4n) is 2.78. The summed E-state index contributed by atoms with van der Waals surface area (Å²) in [6.07, 6.45) is 1.69. The van der Waals surface area contributed by atoms with Gasteiger partial charge in [-0.2, -0.15) is 5.10 Å². The van der Waals surface area contributed by atoms with Crippen molar-refractivity contribution in [2.45, 2.75) is 0 Å². The van der Waals surface area contributed by atoms with Crippen LogP contribution in [0.15, 0.2) is 96.2 Å². The first-order valence-electron chi connectivity index (χ1n) is 8.30. The number of benzene rings is 3. The Morgan fingerprint density at radius 1 is 0.808 bits per heavy atom. The lowest BCUT2D eigenvalue weighted by molar-refractivity contribution is 0.632. The van der Waals surface area contributed by atoms with Gasteiger partial charge < -0.3 is 0 Å². The standard InChI is InChI=1S/C22H16FN3/c23-19-14-18-12-7-13-24-20(18)15-21(19)25-26-22(16-8-3-1-4-9-16)17-10-5-2-6-11-17/h1-15,25H. The highest BCUT2D eigenvalue weighted by Gasteiger charge is 2.09. The van der Waals surface area contributed by atoms with Gasteiger partial charge in [0.25, 0.3) is 0 Å². The maximum atomic E-state index is 14.4. The van der Waals surface area contributed by atoms with Gasteiger partial charge in [-0.15, -0.1) is 0 Å². The van der Waals surface area contributed by atoms with E-state index < -0.39 is 0 Å². The van der Waals surface area contributed by atoms with Crippen LogP contribution in [0.4, 0.5) is 10.1 Å². The van der Waals surface area contributed by atoms with Crippen molar-refractivity contribution >= 4 is 22.3 Å². The molecule has 3 aromatic carbocycles. The molecule has 0 saturated heterocycles. The lowest BCUT2D eigenvalue weighted by Crippen LogP contribution is -2.07. The number of pyridine rings is 1. The van der Waals surface area contributed by atoms with Crippen molar-refractivity contribution in [2.75, 3.05) is 5.43 Å². The molecule has 0 spiro atoms. The molecule has 126 valence electrons. The number of hydrogen-bond donors (Lipinski definition) is 1. The van der Waals surface area contributed by atoms with Gasteiger partial charge in [0, 0.05) is 22.7 Å². The van der Waals surface area contributed by atoms with E-state index in [1.165, 1.54) is 6.07 Å². The number of anilines is 1. The second-order valence-electron chi connectivity index (χ2n) is 5.83. The van der Waals surface area contributed by atoms with Gasteiger partial charge in [0.05, 0.1) is 16.9 Å². The van der Waals surface area contributed by atoms with Crippen LogP contribution in [0, 0.1) is 5.82 Å². The molecule has 1 N–H and O–H groups in total. The van der Waals surface area contributed by atoms with Crippen molar-refractivity contribution in [2.24, 2.45) is 5.10 Å². The number of halogens is 1. The highest BCUT2D eigenvalue weighted by Crippen LogP contribution is 2.22. The van der Waals surface area contributed by atoms with Crippen LogP contribution in [0.5, 0.6) is 0 Å². The van der Waals surface area contributed by atoms with Gasteiger partial charge in [0.1, 0.15) is 5.82 Å². The molecule has 0 fully saturated rings. The summed E-state index contributed by atoms with van der Waals surface area (Å²) in [5.74, 6) is -0.366. The van der Waals surface area contributed by atoms with Crippen LogP contribution < -0.4 is 5.43 Å². The highest BCUT2D eigenvalue weighted by atomic mass is 19.1. The van der Waals surface area contributed by atoms with E-state index in [1.54, 1.807) is 18.3 Å². The van der Waals surface area contributed by atoms with Crippen LogP contribution in [0.3, 0.4) is 0 Å². The molecule has 0 amide bonds. The van der Waals surface area contributed by atoms with E-state index in [0.717, 1.165) is 22.2 Å². The Labute approximate surface area is 150 Å². The average Bonchev–Trinajstić information content (AvgIpc) is 2.70. The summed E-state index contributed by atoms with van der Waals surface area (Å²) in [5.41, 5.74) is 6.52. The third-order valence-electron chi connectivity index (χ3n) is 4.07. The average molecular weight is 341 g/mol. The number of nitrogens with zero attached hydrogens (tertiary/aromatic N) is 2. The van der Waals surface area contributed by atoms with Gasteiger partial charge in [0.15, 0.2) is 0 Å². The normalized spacial score (nSPS) is 10.5. The Bertz CT molecular complexity index is 1020. The van der Waals surface area contributed by atoms with Gasteiger partial charge in [-0.25, -0.2) is 4.39 Å². The number of nitrogens with one attached hydrogen (secondary N) is 1. The summed E-state index contributed by atoms with van der Waals surface area (Å²) in [4.78, 5) is 4.27. The molecule has 1 aromatic heterocycles. The van der Waals surface area contributed by atoms with Crippen molar-refractivity contribution in [1.29, 1.82) is 0 Å². The van der Waals surface area contributed by atoms with Gasteiger partial charge in [-0.3, -0.25) is 10.4 Å². The fourth-order valence-corrected chi connectivity index (χ4v) is 2.78. The number of rotatable bonds is 4. The van der Waals surface area contributed by atoms with Crippen LogP contribution >= 0.6 is 0 Å². The Morgan fingerprint density at radius 3 is 2.12 bits per heavy atom. The molecular formula is C22H16FN3. The summed E-state index contributed by atoms with van der Waals surface area (Å²) < 4.78 is 14.4.